The van der Waals surface area contributed by atoms with E-state index in [9.17, 15) is 4.79 Å². The summed E-state index contributed by atoms with van der Waals surface area (Å²) in [4.78, 5) is 12.4. The molecule has 106 valence electrons. The largest absolute Gasteiger partial charge is 0.320 e. The van der Waals surface area contributed by atoms with E-state index in [1.54, 1.807) is 0 Å². The molecular formula is C16H16N4O. The normalized spacial score (nSPS) is 10.7. The van der Waals surface area contributed by atoms with Crippen molar-refractivity contribution in [1.29, 1.82) is 0 Å². The number of H-pyrrole nitrogens is 1. The molecule has 0 spiro atoms. The van der Waals surface area contributed by atoms with E-state index in [0.717, 1.165) is 22.2 Å². The zero-order valence-electron chi connectivity index (χ0n) is 11.7. The Morgan fingerprint density at radius 1 is 1.14 bits per heavy atom. The molecule has 2 aromatic carbocycles. The molecular weight excluding hydrogens is 264 g/mol. The number of fused-ring (bicyclic) bond motifs is 1. The second-order valence-electron chi connectivity index (χ2n) is 4.76. The number of aromatic nitrogens is 2. The van der Waals surface area contributed by atoms with E-state index in [4.69, 9.17) is 0 Å². The predicted molar refractivity (Wildman–Crippen MR) is 83.3 cm³/mol. The molecule has 0 aliphatic carbocycles. The number of nitrogens with one attached hydrogen (secondary N) is 3. The average Bonchev–Trinajstić information content (AvgIpc) is 2.93. The second-order valence-corrected chi connectivity index (χ2v) is 4.76. The van der Waals surface area contributed by atoms with Crippen LogP contribution in [0.5, 0.6) is 0 Å². The van der Waals surface area contributed by atoms with Gasteiger partial charge in [0.05, 0.1) is 5.52 Å². The van der Waals surface area contributed by atoms with Gasteiger partial charge in [0, 0.05) is 17.6 Å². The van der Waals surface area contributed by atoms with Crippen LogP contribution in [0.25, 0.3) is 10.9 Å². The number of amides is 1. The van der Waals surface area contributed by atoms with Crippen molar-refractivity contribution in [3.8, 4) is 0 Å². The molecule has 5 heteroatoms. The standard InChI is InChI=1S/C16H16N4O/c1-17-10-11-6-2-4-8-13(11)18-16(21)15-12-7-3-5-9-14(12)19-20-15/h2-9,17H,10H2,1H3,(H,18,21)(H,19,20). The highest BCUT2D eigenvalue weighted by Gasteiger charge is 2.14. The zero-order valence-corrected chi connectivity index (χ0v) is 11.7. The van der Waals surface area contributed by atoms with Gasteiger partial charge in [-0.15, -0.1) is 0 Å². The fourth-order valence-corrected chi connectivity index (χ4v) is 2.30. The number of para-hydroxylation sites is 2. The van der Waals surface area contributed by atoms with E-state index >= 15 is 0 Å². The highest BCUT2D eigenvalue weighted by atomic mass is 16.1. The first-order valence-electron chi connectivity index (χ1n) is 6.76. The number of nitrogens with zero attached hydrogens (tertiary/aromatic N) is 1. The van der Waals surface area contributed by atoms with Crippen molar-refractivity contribution in [2.75, 3.05) is 12.4 Å². The highest BCUT2D eigenvalue weighted by Crippen LogP contribution is 2.19. The summed E-state index contributed by atoms with van der Waals surface area (Å²) in [6, 6.07) is 15.3. The smallest absolute Gasteiger partial charge is 0.276 e. The number of rotatable bonds is 4. The number of carbonyl (C=O) groups is 1. The molecule has 0 atom stereocenters. The molecule has 1 aromatic heterocycles. The maximum atomic E-state index is 12.4. The number of hydrogen-bond donors (Lipinski definition) is 3. The Labute approximate surface area is 122 Å². The van der Waals surface area contributed by atoms with Crippen LogP contribution in [0.2, 0.25) is 0 Å². The SMILES string of the molecule is CNCc1ccccc1NC(=O)c1n[nH]c2ccccc12. The molecule has 1 amide bonds. The van der Waals surface area contributed by atoms with Gasteiger partial charge in [-0.3, -0.25) is 9.89 Å². The minimum Gasteiger partial charge on any atom is -0.320 e. The first kappa shape index (κ1) is 13.3. The summed E-state index contributed by atoms with van der Waals surface area (Å²) in [6.07, 6.45) is 0. The molecule has 3 rings (SSSR count). The predicted octanol–water partition coefficient (Wildman–Crippen LogP) is 2.53. The van der Waals surface area contributed by atoms with Crippen molar-refractivity contribution >= 4 is 22.5 Å². The molecule has 0 fully saturated rings. The van der Waals surface area contributed by atoms with Gasteiger partial charge in [0.25, 0.3) is 5.91 Å². The Hall–Kier alpha value is -2.66. The van der Waals surface area contributed by atoms with Crippen LogP contribution in [0, 0.1) is 0 Å². The van der Waals surface area contributed by atoms with Crippen molar-refractivity contribution in [3.05, 3.63) is 59.8 Å². The molecule has 1 heterocycles. The first-order valence-corrected chi connectivity index (χ1v) is 6.76. The summed E-state index contributed by atoms with van der Waals surface area (Å²) >= 11 is 0. The minimum atomic E-state index is -0.212. The van der Waals surface area contributed by atoms with Crippen LogP contribution in [0.4, 0.5) is 5.69 Å². The summed E-state index contributed by atoms with van der Waals surface area (Å²) in [5.74, 6) is -0.212. The molecule has 0 aliphatic heterocycles. The summed E-state index contributed by atoms with van der Waals surface area (Å²) in [6.45, 7) is 0.692. The lowest BCUT2D eigenvalue weighted by atomic mass is 10.1. The monoisotopic (exact) mass is 280 g/mol. The van der Waals surface area contributed by atoms with Crippen molar-refractivity contribution in [1.82, 2.24) is 15.5 Å². The highest BCUT2D eigenvalue weighted by molar-refractivity contribution is 6.11. The Kier molecular flexibility index (Phi) is 3.66. The number of carbonyl (C=O) groups excluding carboxylic acids is 1. The minimum absolute atomic E-state index is 0.212. The number of benzene rings is 2. The van der Waals surface area contributed by atoms with Gasteiger partial charge in [-0.2, -0.15) is 5.10 Å². The molecule has 0 aliphatic rings. The molecule has 0 unspecified atom stereocenters. The van der Waals surface area contributed by atoms with Gasteiger partial charge in [-0.05, 0) is 24.7 Å². The van der Waals surface area contributed by atoms with Crippen LogP contribution < -0.4 is 10.6 Å². The van der Waals surface area contributed by atoms with Crippen LogP contribution >= 0.6 is 0 Å². The lowest BCUT2D eigenvalue weighted by molar-refractivity contribution is 0.102. The Morgan fingerprint density at radius 2 is 1.90 bits per heavy atom. The quantitative estimate of drug-likeness (QED) is 0.688. The molecule has 0 saturated carbocycles. The van der Waals surface area contributed by atoms with E-state index < -0.39 is 0 Å². The summed E-state index contributed by atoms with van der Waals surface area (Å²) in [5.41, 5.74) is 3.09. The molecule has 0 saturated heterocycles. The lowest BCUT2D eigenvalue weighted by Gasteiger charge is -2.09. The topological polar surface area (TPSA) is 69.8 Å². The van der Waals surface area contributed by atoms with Gasteiger partial charge < -0.3 is 10.6 Å². The lowest BCUT2D eigenvalue weighted by Crippen LogP contribution is -2.16. The molecule has 5 nitrogen and oxygen atoms in total. The summed E-state index contributed by atoms with van der Waals surface area (Å²) < 4.78 is 0. The van der Waals surface area contributed by atoms with E-state index in [1.807, 2.05) is 55.6 Å². The van der Waals surface area contributed by atoms with Crippen molar-refractivity contribution in [2.24, 2.45) is 0 Å². The van der Waals surface area contributed by atoms with Gasteiger partial charge in [0.1, 0.15) is 0 Å². The molecule has 0 bridgehead atoms. The van der Waals surface area contributed by atoms with Gasteiger partial charge in [0.15, 0.2) is 5.69 Å². The first-order chi connectivity index (χ1) is 10.3. The van der Waals surface area contributed by atoms with Crippen molar-refractivity contribution < 1.29 is 4.79 Å². The fourth-order valence-electron chi connectivity index (χ4n) is 2.30. The maximum Gasteiger partial charge on any atom is 0.276 e. The molecule has 3 N–H and O–H groups in total. The van der Waals surface area contributed by atoms with Crippen molar-refractivity contribution in [3.63, 3.8) is 0 Å². The Balaban J connectivity index is 1.90. The van der Waals surface area contributed by atoms with Gasteiger partial charge >= 0.3 is 0 Å². The third-order valence-electron chi connectivity index (χ3n) is 3.32. The molecule has 3 aromatic rings. The number of anilines is 1. The van der Waals surface area contributed by atoms with Gasteiger partial charge in [-0.25, -0.2) is 0 Å². The van der Waals surface area contributed by atoms with Crippen LogP contribution in [-0.2, 0) is 6.54 Å². The van der Waals surface area contributed by atoms with Crippen molar-refractivity contribution in [2.45, 2.75) is 6.54 Å². The van der Waals surface area contributed by atoms with Crippen LogP contribution in [0.15, 0.2) is 48.5 Å². The van der Waals surface area contributed by atoms with Crippen LogP contribution in [0.1, 0.15) is 16.1 Å². The second kappa shape index (κ2) is 5.76. The Morgan fingerprint density at radius 3 is 2.76 bits per heavy atom. The maximum absolute atomic E-state index is 12.4. The van der Waals surface area contributed by atoms with E-state index in [-0.39, 0.29) is 5.91 Å². The summed E-state index contributed by atoms with van der Waals surface area (Å²) in [5, 5.41) is 13.8. The van der Waals surface area contributed by atoms with E-state index in [2.05, 4.69) is 20.8 Å². The Bertz CT molecular complexity index is 779. The zero-order chi connectivity index (χ0) is 14.7. The molecule has 0 radical (unpaired) electrons. The van der Waals surface area contributed by atoms with E-state index in [1.165, 1.54) is 0 Å². The van der Waals surface area contributed by atoms with Crippen LogP contribution in [0.3, 0.4) is 0 Å². The fraction of sp³-hybridized carbons (Fsp3) is 0.125. The third-order valence-corrected chi connectivity index (χ3v) is 3.32. The molecule has 21 heavy (non-hydrogen) atoms. The van der Waals surface area contributed by atoms with Crippen LogP contribution in [-0.4, -0.2) is 23.2 Å². The average molecular weight is 280 g/mol. The van der Waals surface area contributed by atoms with Gasteiger partial charge in [0.2, 0.25) is 0 Å². The van der Waals surface area contributed by atoms with E-state index in [0.29, 0.717) is 12.2 Å². The third kappa shape index (κ3) is 2.64. The van der Waals surface area contributed by atoms with Gasteiger partial charge in [-0.1, -0.05) is 36.4 Å². The number of aromatic amines is 1. The summed E-state index contributed by atoms with van der Waals surface area (Å²) in [7, 11) is 1.87. The number of hydrogen-bond acceptors (Lipinski definition) is 3.